The van der Waals surface area contributed by atoms with E-state index in [2.05, 4.69) is 11.2 Å². The van der Waals surface area contributed by atoms with Crippen LogP contribution in [0.3, 0.4) is 0 Å². The largest absolute Gasteiger partial charge is 0.384 e. The number of aromatic nitrogens is 2. The Morgan fingerprint density at radius 2 is 1.73 bits per heavy atom. The van der Waals surface area contributed by atoms with Gasteiger partial charge in [-0.15, -0.1) is 11.3 Å². The highest BCUT2D eigenvalue weighted by Gasteiger charge is 2.16. The molecule has 0 amide bonds. The fraction of sp³-hybridized carbons (Fsp3) is 0. The molecule has 0 saturated heterocycles. The van der Waals surface area contributed by atoms with Crippen LogP contribution in [-0.2, 0) is 0 Å². The Hall–Kier alpha value is -2.30. The van der Waals surface area contributed by atoms with Gasteiger partial charge in [0, 0.05) is 16.2 Å². The first-order valence-electron chi connectivity index (χ1n) is 6.82. The molecule has 2 aromatic carbocycles. The standard InChI is InChI=1S/C17H12ClN3S/c18-16-12-8-4-5-9-14(12)22-17(16)13-10-15(19)21(20-13)11-6-2-1-3-7-11/h1-10H,19H2. The molecule has 4 rings (SSSR count). The van der Waals surface area contributed by atoms with Crippen LogP contribution in [0.2, 0.25) is 5.02 Å². The van der Waals surface area contributed by atoms with E-state index in [9.17, 15) is 0 Å². The number of benzene rings is 2. The molecule has 0 atom stereocenters. The number of thiophene rings is 1. The third kappa shape index (κ3) is 2.08. The lowest BCUT2D eigenvalue weighted by atomic mass is 10.2. The summed E-state index contributed by atoms with van der Waals surface area (Å²) in [4.78, 5) is 0.948. The van der Waals surface area contributed by atoms with Gasteiger partial charge in [-0.3, -0.25) is 0 Å². The Labute approximate surface area is 136 Å². The summed E-state index contributed by atoms with van der Waals surface area (Å²) in [5, 5.41) is 6.41. The van der Waals surface area contributed by atoms with Crippen molar-refractivity contribution in [2.75, 3.05) is 5.73 Å². The first kappa shape index (κ1) is 13.4. The van der Waals surface area contributed by atoms with Gasteiger partial charge in [0.1, 0.15) is 11.5 Å². The predicted molar refractivity (Wildman–Crippen MR) is 93.8 cm³/mol. The van der Waals surface area contributed by atoms with Gasteiger partial charge in [-0.25, -0.2) is 4.68 Å². The number of rotatable bonds is 2. The van der Waals surface area contributed by atoms with E-state index < -0.39 is 0 Å². The van der Waals surface area contributed by atoms with Gasteiger partial charge < -0.3 is 5.73 Å². The molecule has 22 heavy (non-hydrogen) atoms. The smallest absolute Gasteiger partial charge is 0.127 e. The summed E-state index contributed by atoms with van der Waals surface area (Å²) >= 11 is 8.15. The van der Waals surface area contributed by atoms with Crippen LogP contribution in [0.4, 0.5) is 5.82 Å². The highest BCUT2D eigenvalue weighted by Crippen LogP contribution is 2.41. The van der Waals surface area contributed by atoms with Crippen molar-refractivity contribution >= 4 is 38.8 Å². The number of hydrogen-bond donors (Lipinski definition) is 1. The van der Waals surface area contributed by atoms with Gasteiger partial charge >= 0.3 is 0 Å². The SMILES string of the molecule is Nc1cc(-c2sc3ccccc3c2Cl)nn1-c1ccccc1. The van der Waals surface area contributed by atoms with Crippen LogP contribution < -0.4 is 5.73 Å². The average molecular weight is 326 g/mol. The molecular weight excluding hydrogens is 314 g/mol. The van der Waals surface area contributed by atoms with Gasteiger partial charge in [0.15, 0.2) is 0 Å². The molecule has 5 heteroatoms. The van der Waals surface area contributed by atoms with Crippen molar-refractivity contribution in [3.05, 3.63) is 65.7 Å². The van der Waals surface area contributed by atoms with Gasteiger partial charge in [0.05, 0.1) is 15.6 Å². The number of nitrogens with two attached hydrogens (primary N) is 1. The summed E-state index contributed by atoms with van der Waals surface area (Å²) in [5.74, 6) is 0.592. The van der Waals surface area contributed by atoms with Crippen molar-refractivity contribution in [2.24, 2.45) is 0 Å². The zero-order valence-electron chi connectivity index (χ0n) is 11.5. The second-order valence-corrected chi connectivity index (χ2v) is 6.37. The van der Waals surface area contributed by atoms with Crippen LogP contribution in [0.25, 0.3) is 26.3 Å². The summed E-state index contributed by atoms with van der Waals surface area (Å²) in [6, 6.07) is 19.8. The maximum Gasteiger partial charge on any atom is 0.127 e. The van der Waals surface area contributed by atoms with E-state index in [-0.39, 0.29) is 0 Å². The third-order valence-corrected chi connectivity index (χ3v) is 5.20. The number of halogens is 1. The monoisotopic (exact) mass is 325 g/mol. The lowest BCUT2D eigenvalue weighted by Crippen LogP contribution is -2.00. The Balaban J connectivity index is 1.88. The van der Waals surface area contributed by atoms with Crippen molar-refractivity contribution in [1.82, 2.24) is 9.78 Å². The summed E-state index contributed by atoms with van der Waals surface area (Å²) < 4.78 is 2.88. The second-order valence-electron chi connectivity index (χ2n) is 4.94. The summed E-state index contributed by atoms with van der Waals surface area (Å²) in [7, 11) is 0. The lowest BCUT2D eigenvalue weighted by molar-refractivity contribution is 0.896. The summed E-state index contributed by atoms with van der Waals surface area (Å²) in [5.41, 5.74) is 7.85. The minimum absolute atomic E-state index is 0.592. The van der Waals surface area contributed by atoms with Crippen molar-refractivity contribution in [3.63, 3.8) is 0 Å². The number of anilines is 1. The number of nitrogen functional groups attached to an aromatic ring is 1. The van der Waals surface area contributed by atoms with Gasteiger partial charge in [-0.1, -0.05) is 48.0 Å². The first-order valence-corrected chi connectivity index (χ1v) is 8.02. The summed E-state index contributed by atoms with van der Waals surface area (Å²) in [6.45, 7) is 0. The van der Waals surface area contributed by atoms with E-state index in [4.69, 9.17) is 17.3 Å². The molecule has 4 aromatic rings. The lowest BCUT2D eigenvalue weighted by Gasteiger charge is -2.02. The topological polar surface area (TPSA) is 43.8 Å². The van der Waals surface area contributed by atoms with Crippen LogP contribution in [0.5, 0.6) is 0 Å². The number of fused-ring (bicyclic) bond motifs is 1. The molecule has 0 aliphatic carbocycles. The average Bonchev–Trinajstić information content (AvgIpc) is 3.09. The molecule has 0 spiro atoms. The van der Waals surface area contributed by atoms with Gasteiger partial charge in [-0.05, 0) is 18.2 Å². The van der Waals surface area contributed by atoms with E-state index in [1.807, 2.05) is 54.6 Å². The van der Waals surface area contributed by atoms with Crippen molar-refractivity contribution in [2.45, 2.75) is 0 Å². The minimum atomic E-state index is 0.592. The van der Waals surface area contributed by atoms with Gasteiger partial charge in [0.2, 0.25) is 0 Å². The molecule has 2 heterocycles. The highest BCUT2D eigenvalue weighted by molar-refractivity contribution is 7.23. The fourth-order valence-corrected chi connectivity index (χ4v) is 3.95. The molecule has 2 N–H and O–H groups in total. The van der Waals surface area contributed by atoms with Crippen molar-refractivity contribution in [3.8, 4) is 16.3 Å². The van der Waals surface area contributed by atoms with E-state index in [0.717, 1.165) is 31.4 Å². The molecule has 0 unspecified atom stereocenters. The molecule has 0 aliphatic rings. The van der Waals surface area contributed by atoms with Gasteiger partial charge in [0.25, 0.3) is 0 Å². The van der Waals surface area contributed by atoms with Crippen LogP contribution >= 0.6 is 22.9 Å². The third-order valence-electron chi connectivity index (χ3n) is 3.51. The van der Waals surface area contributed by atoms with Crippen molar-refractivity contribution in [1.29, 1.82) is 0 Å². The van der Waals surface area contributed by atoms with E-state index in [1.165, 1.54) is 0 Å². The number of hydrogen-bond acceptors (Lipinski definition) is 3. The van der Waals surface area contributed by atoms with Crippen LogP contribution in [0.1, 0.15) is 0 Å². The molecule has 3 nitrogen and oxygen atoms in total. The fourth-order valence-electron chi connectivity index (χ4n) is 2.46. The maximum atomic E-state index is 6.52. The number of nitrogens with zero attached hydrogens (tertiary/aromatic N) is 2. The molecule has 0 saturated carbocycles. The molecule has 0 aliphatic heterocycles. The molecule has 0 fully saturated rings. The zero-order chi connectivity index (χ0) is 15.1. The van der Waals surface area contributed by atoms with Crippen LogP contribution in [0.15, 0.2) is 60.7 Å². The maximum absolute atomic E-state index is 6.52. The molecule has 0 bridgehead atoms. The molecule has 0 radical (unpaired) electrons. The number of para-hydroxylation sites is 1. The zero-order valence-corrected chi connectivity index (χ0v) is 13.1. The molecular formula is C17H12ClN3S. The molecule has 2 aromatic heterocycles. The normalized spacial score (nSPS) is 11.1. The predicted octanol–water partition coefficient (Wildman–Crippen LogP) is 4.99. The van der Waals surface area contributed by atoms with Crippen molar-refractivity contribution < 1.29 is 0 Å². The Morgan fingerprint density at radius 3 is 2.50 bits per heavy atom. The van der Waals surface area contributed by atoms with Crippen LogP contribution in [0, 0.1) is 0 Å². The molecule has 108 valence electrons. The van der Waals surface area contributed by atoms with E-state index >= 15 is 0 Å². The quantitative estimate of drug-likeness (QED) is 0.564. The highest BCUT2D eigenvalue weighted by atomic mass is 35.5. The second kappa shape index (κ2) is 5.16. The first-order chi connectivity index (χ1) is 10.7. The van der Waals surface area contributed by atoms with Gasteiger partial charge in [-0.2, -0.15) is 5.10 Å². The van der Waals surface area contributed by atoms with Crippen LogP contribution in [-0.4, -0.2) is 9.78 Å². The summed E-state index contributed by atoms with van der Waals surface area (Å²) in [6.07, 6.45) is 0. The Bertz CT molecular complexity index is 957. The Morgan fingerprint density at radius 1 is 1.00 bits per heavy atom. The Kier molecular flexibility index (Phi) is 3.13. The minimum Gasteiger partial charge on any atom is -0.384 e. The van der Waals surface area contributed by atoms with E-state index in [0.29, 0.717) is 5.82 Å². The van der Waals surface area contributed by atoms with E-state index in [1.54, 1.807) is 16.0 Å².